The molecule has 18 N–H and O–H groups in total. The minimum atomic E-state index is -1.45. The largest absolute Gasteiger partial charge is 0.461 e. The van der Waals surface area contributed by atoms with Gasteiger partial charge in [-0.1, -0.05) is 97.6 Å². The summed E-state index contributed by atoms with van der Waals surface area (Å²) in [7, 11) is 4.43. The molecule has 31 heteroatoms. The summed E-state index contributed by atoms with van der Waals surface area (Å²) in [6.07, 6.45) is 1.59. The van der Waals surface area contributed by atoms with Gasteiger partial charge in [-0.2, -0.15) is 0 Å². The van der Waals surface area contributed by atoms with Crippen LogP contribution in [0.25, 0.3) is 10.8 Å². The van der Waals surface area contributed by atoms with E-state index in [1.54, 1.807) is 30.3 Å². The number of hydrogen-bond donors (Lipinski definition) is 15. The molecule has 0 heterocycles. The van der Waals surface area contributed by atoms with Crippen molar-refractivity contribution >= 4 is 93.8 Å². The number of fused-ring (bicyclic) bond motifs is 1. The van der Waals surface area contributed by atoms with Crippen molar-refractivity contribution in [2.45, 2.75) is 127 Å². The topological polar surface area (TPSA) is 466 Å². The van der Waals surface area contributed by atoms with E-state index < -0.39 is 115 Å². The second-order valence-electron chi connectivity index (χ2n) is 21.9. The molecule has 0 aliphatic carbocycles. The molecule has 0 unspecified atom stereocenters. The number of carbonyl (C=O) groups excluding carboxylic acids is 11. The van der Waals surface area contributed by atoms with Crippen LogP contribution in [0.1, 0.15) is 81.9 Å². The molecule has 0 fully saturated rings. The van der Waals surface area contributed by atoms with E-state index in [-0.39, 0.29) is 108 Å². The SMILES string of the molecule is C=CCOC(=O)CC[C@H](NC(=O)CNC(=O)[C@H](Cc1ccc2ccccc2c1)NC(=O)[C@@H](CCCNC(N)=NC)NC(=O)[C@H](CCCNC(N)=NC)NC(=O)[C@H](Cc1ccc(C)cc1)NC(=O)[C@H](CNC(=O)OCC=C)NC(C)=O)C(=O)N[C@@H](CCCNC(N)=NC)C(C)=O. The van der Waals surface area contributed by atoms with Crippen molar-refractivity contribution in [2.24, 2.45) is 32.2 Å². The lowest BCUT2D eigenvalue weighted by molar-refractivity contribution is -0.143. The summed E-state index contributed by atoms with van der Waals surface area (Å²) in [4.78, 5) is 162. The first-order chi connectivity index (χ1) is 45.4. The summed E-state index contributed by atoms with van der Waals surface area (Å²) in [5, 5.41) is 33.9. The number of esters is 1. The van der Waals surface area contributed by atoms with Gasteiger partial charge in [-0.05, 0) is 80.7 Å². The Kier molecular flexibility index (Phi) is 35.8. The number of ketones is 1. The third-order valence-electron chi connectivity index (χ3n) is 14.4. The first-order valence-corrected chi connectivity index (χ1v) is 31.0. The van der Waals surface area contributed by atoms with Gasteiger partial charge in [0.25, 0.3) is 0 Å². The van der Waals surface area contributed by atoms with E-state index in [0.717, 1.165) is 23.3 Å². The van der Waals surface area contributed by atoms with E-state index in [1.165, 1.54) is 40.2 Å². The number of amides is 9. The predicted octanol–water partition coefficient (Wildman–Crippen LogP) is -1.58. The number of aliphatic imine (C=N–C) groups is 3. The third kappa shape index (κ3) is 31.0. The lowest BCUT2D eigenvalue weighted by Crippen LogP contribution is -2.60. The van der Waals surface area contributed by atoms with Crippen LogP contribution in [0.4, 0.5) is 4.79 Å². The molecule has 95 heavy (non-hydrogen) atoms. The third-order valence-corrected chi connectivity index (χ3v) is 14.4. The zero-order valence-corrected chi connectivity index (χ0v) is 54.9. The molecule has 3 rings (SSSR count). The monoisotopic (exact) mass is 1320 g/mol. The van der Waals surface area contributed by atoms with Crippen molar-refractivity contribution in [3.63, 3.8) is 0 Å². The summed E-state index contributed by atoms with van der Waals surface area (Å²) in [5.41, 5.74) is 19.6. The maximum absolute atomic E-state index is 14.9. The quantitative estimate of drug-likeness (QED) is 0.0100. The van der Waals surface area contributed by atoms with Crippen molar-refractivity contribution in [1.82, 2.24) is 63.8 Å². The lowest BCUT2D eigenvalue weighted by atomic mass is 10.00. The Morgan fingerprint density at radius 3 is 1.44 bits per heavy atom. The van der Waals surface area contributed by atoms with E-state index in [1.807, 2.05) is 43.3 Å². The van der Waals surface area contributed by atoms with Crippen molar-refractivity contribution in [2.75, 3.05) is 67.1 Å². The Morgan fingerprint density at radius 1 is 0.484 bits per heavy atom. The molecule has 0 aliphatic rings. The van der Waals surface area contributed by atoms with Gasteiger partial charge in [0.05, 0.1) is 19.1 Å². The van der Waals surface area contributed by atoms with E-state index >= 15 is 0 Å². The Morgan fingerprint density at radius 2 is 0.926 bits per heavy atom. The molecular weight excluding hydrogens is 1230 g/mol. The minimum Gasteiger partial charge on any atom is -0.461 e. The Bertz CT molecular complexity index is 3200. The molecule has 0 saturated heterocycles. The Balaban J connectivity index is 2.06. The summed E-state index contributed by atoms with van der Waals surface area (Å²) < 4.78 is 10.0. The number of alkyl carbamates (subject to hydrolysis) is 1. The molecular formula is C64H94N18O13. The van der Waals surface area contributed by atoms with Gasteiger partial charge < -0.3 is 90.5 Å². The second kappa shape index (κ2) is 43.3. The van der Waals surface area contributed by atoms with Crippen LogP contribution in [-0.2, 0) is 70.3 Å². The minimum absolute atomic E-state index is 0.0842. The van der Waals surface area contributed by atoms with Crippen molar-refractivity contribution < 1.29 is 62.2 Å². The summed E-state index contributed by atoms with van der Waals surface area (Å²) in [6.45, 7) is 10.5. The van der Waals surface area contributed by atoms with Crippen LogP contribution in [0.5, 0.6) is 0 Å². The summed E-state index contributed by atoms with van der Waals surface area (Å²) in [6, 6.07) is 10.3. The van der Waals surface area contributed by atoms with Crippen LogP contribution >= 0.6 is 0 Å². The summed E-state index contributed by atoms with van der Waals surface area (Å²) in [5.74, 6) is -7.41. The zero-order chi connectivity index (χ0) is 70.2. The number of ether oxygens (including phenoxy) is 2. The molecule has 7 atom stereocenters. The molecule has 0 radical (unpaired) electrons. The van der Waals surface area contributed by atoms with E-state index in [0.29, 0.717) is 24.1 Å². The van der Waals surface area contributed by atoms with Gasteiger partial charge >= 0.3 is 12.1 Å². The molecule has 3 aromatic carbocycles. The molecule has 0 saturated carbocycles. The van der Waals surface area contributed by atoms with Gasteiger partial charge in [-0.3, -0.25) is 62.9 Å². The van der Waals surface area contributed by atoms with Crippen LogP contribution in [0, 0.1) is 6.92 Å². The van der Waals surface area contributed by atoms with Gasteiger partial charge in [0.2, 0.25) is 47.3 Å². The van der Waals surface area contributed by atoms with E-state index in [2.05, 4.69) is 91.9 Å². The standard InChI is InChI=1S/C64H94N18O13/c1-9-32-94-54(86)28-27-49(58(90)78-46(40(4)83)18-13-29-71-61(65)68-6)77-53(85)38-74-55(87)50(36-43-25-26-44-16-11-12-17-45(44)34-43)81-57(89)48(20-15-31-73-63(67)70-8)79-56(88)47(19-14-30-72-62(66)69-7)80-59(91)51(35-42-23-21-39(3)22-24-42)82-60(92)52(76-41(5)84)37-75-64(93)95-33-10-2/h9-12,16-17,21-26,34,46-52H,1-2,13-15,18-20,27-33,35-38H2,3-8H3,(H,74,87)(H,75,93)(H,76,84)(H,77,85)(H,78,90)(H,79,88)(H,80,91)(H,81,89)(H,82,92)(H3,65,68,71)(H3,66,69,72)(H3,67,70,73)/t46-,47-,48+,49-,50-,51-,52-/m0/s1. The highest BCUT2D eigenvalue weighted by Gasteiger charge is 2.34. The fourth-order valence-corrected chi connectivity index (χ4v) is 9.18. The normalized spacial score (nSPS) is 13.6. The number of hydrogen-bond acceptors (Lipinski definition) is 16. The highest BCUT2D eigenvalue weighted by Crippen LogP contribution is 2.18. The molecule has 9 amide bonds. The second-order valence-corrected chi connectivity index (χ2v) is 21.9. The first-order valence-electron chi connectivity index (χ1n) is 31.0. The van der Waals surface area contributed by atoms with Crippen molar-refractivity contribution in [1.29, 1.82) is 0 Å². The number of Topliss-reactive ketones (excluding diaryl/α,β-unsaturated/α-hetero) is 1. The summed E-state index contributed by atoms with van der Waals surface area (Å²) >= 11 is 0. The number of guanidine groups is 3. The van der Waals surface area contributed by atoms with Gasteiger partial charge in [0, 0.05) is 67.0 Å². The number of carbonyl (C=O) groups is 11. The Hall–Kier alpha value is -10.6. The number of nitrogens with one attached hydrogen (secondary N) is 12. The number of aryl methyl sites for hydroxylation is 1. The van der Waals surface area contributed by atoms with Crippen LogP contribution in [0.3, 0.4) is 0 Å². The average molecular weight is 1320 g/mol. The highest BCUT2D eigenvalue weighted by atomic mass is 16.5. The highest BCUT2D eigenvalue weighted by molar-refractivity contribution is 5.98. The zero-order valence-electron chi connectivity index (χ0n) is 54.9. The van der Waals surface area contributed by atoms with E-state index in [4.69, 9.17) is 26.7 Å². The fourth-order valence-electron chi connectivity index (χ4n) is 9.18. The smallest absolute Gasteiger partial charge is 0.407 e. The van der Waals surface area contributed by atoms with Crippen LogP contribution in [0.15, 0.2) is 107 Å². The lowest BCUT2D eigenvalue weighted by Gasteiger charge is -2.27. The number of nitrogens with zero attached hydrogens (tertiary/aromatic N) is 3. The van der Waals surface area contributed by atoms with Crippen molar-refractivity contribution in [3.8, 4) is 0 Å². The van der Waals surface area contributed by atoms with Crippen LogP contribution in [0.2, 0.25) is 0 Å². The van der Waals surface area contributed by atoms with Crippen LogP contribution in [-0.4, -0.2) is 192 Å². The van der Waals surface area contributed by atoms with Gasteiger partial charge in [-0.25, -0.2) is 4.79 Å². The maximum Gasteiger partial charge on any atom is 0.407 e. The molecule has 0 spiro atoms. The molecule has 0 aromatic heterocycles. The van der Waals surface area contributed by atoms with Gasteiger partial charge in [-0.15, -0.1) is 0 Å². The average Bonchev–Trinajstić information content (AvgIpc) is 0.917. The molecule has 0 bridgehead atoms. The molecule has 518 valence electrons. The number of benzene rings is 3. The number of rotatable bonds is 41. The van der Waals surface area contributed by atoms with Crippen molar-refractivity contribution in [3.05, 3.63) is 109 Å². The van der Waals surface area contributed by atoms with Gasteiger partial charge in [0.1, 0.15) is 49.5 Å². The van der Waals surface area contributed by atoms with Gasteiger partial charge in [0.15, 0.2) is 23.7 Å². The number of nitrogens with two attached hydrogens (primary N) is 3. The molecule has 0 aliphatic heterocycles. The van der Waals surface area contributed by atoms with Crippen LogP contribution < -0.4 is 81.0 Å². The molecule has 31 nitrogen and oxygen atoms in total. The van der Waals surface area contributed by atoms with E-state index in [9.17, 15) is 52.7 Å². The molecule has 3 aromatic rings. The maximum atomic E-state index is 14.9. The predicted molar refractivity (Wildman–Crippen MR) is 360 cm³/mol. The fraction of sp³-hybridized carbons (Fsp3) is 0.469. The Labute approximate surface area is 553 Å². The first kappa shape index (κ1) is 78.6.